The molecule has 2 aliphatic rings. The fourth-order valence-corrected chi connectivity index (χ4v) is 4.23. The predicted octanol–water partition coefficient (Wildman–Crippen LogP) is 3.75. The van der Waals surface area contributed by atoms with Gasteiger partial charge in [-0.3, -0.25) is 9.69 Å². The third-order valence-corrected chi connectivity index (χ3v) is 5.74. The summed E-state index contributed by atoms with van der Waals surface area (Å²) >= 11 is 0. The van der Waals surface area contributed by atoms with Crippen LogP contribution in [0.5, 0.6) is 0 Å². The van der Waals surface area contributed by atoms with E-state index in [0.717, 1.165) is 38.6 Å². The Hall–Kier alpha value is -1.39. The van der Waals surface area contributed by atoms with Gasteiger partial charge in [-0.25, -0.2) is 0 Å². The van der Waals surface area contributed by atoms with Gasteiger partial charge < -0.3 is 10.1 Å². The fourth-order valence-electron chi connectivity index (χ4n) is 4.23. The van der Waals surface area contributed by atoms with Crippen LogP contribution in [-0.2, 0) is 16.1 Å². The molecule has 144 valence electrons. The van der Waals surface area contributed by atoms with E-state index < -0.39 is 0 Å². The molecule has 4 heteroatoms. The van der Waals surface area contributed by atoms with Crippen molar-refractivity contribution in [3.8, 4) is 0 Å². The molecule has 1 atom stereocenters. The standard InChI is InChI=1S/C22H34N2O2/c25-22(13-7-12-19-8-3-1-4-9-19)23-16-21-18-24(14-15-26-21)17-20-10-5-2-6-11-20/h2,5-6,10-11,19,21H,1,3-4,7-9,12-18H2,(H,23,25). The molecule has 1 saturated heterocycles. The summed E-state index contributed by atoms with van der Waals surface area (Å²) in [5.74, 6) is 1.05. The molecule has 1 saturated carbocycles. The van der Waals surface area contributed by atoms with Crippen molar-refractivity contribution in [2.45, 2.75) is 64.0 Å². The second kappa shape index (κ2) is 10.7. The maximum absolute atomic E-state index is 12.1. The largest absolute Gasteiger partial charge is 0.374 e. The zero-order valence-electron chi connectivity index (χ0n) is 16.0. The Kier molecular flexibility index (Phi) is 7.96. The molecule has 0 bridgehead atoms. The van der Waals surface area contributed by atoms with Crippen molar-refractivity contribution in [2.75, 3.05) is 26.2 Å². The van der Waals surface area contributed by atoms with Gasteiger partial charge in [0.1, 0.15) is 0 Å². The minimum atomic E-state index is 0.106. The van der Waals surface area contributed by atoms with E-state index in [1.807, 2.05) is 0 Å². The minimum absolute atomic E-state index is 0.106. The van der Waals surface area contributed by atoms with Crippen molar-refractivity contribution < 1.29 is 9.53 Å². The summed E-state index contributed by atoms with van der Waals surface area (Å²) in [6.45, 7) is 4.18. The van der Waals surface area contributed by atoms with Crippen LogP contribution in [0.1, 0.15) is 56.9 Å². The quantitative estimate of drug-likeness (QED) is 0.769. The molecule has 1 amide bonds. The van der Waals surface area contributed by atoms with Crippen LogP contribution >= 0.6 is 0 Å². The minimum Gasteiger partial charge on any atom is -0.374 e. The first-order valence-corrected chi connectivity index (χ1v) is 10.4. The molecule has 1 N–H and O–H groups in total. The number of nitrogens with one attached hydrogen (secondary N) is 1. The van der Waals surface area contributed by atoms with E-state index in [0.29, 0.717) is 13.0 Å². The first-order chi connectivity index (χ1) is 12.8. The number of morpholine rings is 1. The molecule has 3 rings (SSSR count). The Morgan fingerprint density at radius 3 is 2.77 bits per heavy atom. The monoisotopic (exact) mass is 358 g/mol. The lowest BCUT2D eigenvalue weighted by molar-refractivity contribution is -0.122. The third-order valence-electron chi connectivity index (χ3n) is 5.74. The van der Waals surface area contributed by atoms with Crippen LogP contribution < -0.4 is 5.32 Å². The highest BCUT2D eigenvalue weighted by atomic mass is 16.5. The van der Waals surface area contributed by atoms with E-state index in [-0.39, 0.29) is 12.0 Å². The van der Waals surface area contributed by atoms with Gasteiger partial charge >= 0.3 is 0 Å². The number of hydrogen-bond donors (Lipinski definition) is 1. The molecule has 1 aliphatic carbocycles. The Morgan fingerprint density at radius 1 is 1.15 bits per heavy atom. The van der Waals surface area contributed by atoms with Crippen LogP contribution in [0.2, 0.25) is 0 Å². The Balaban J connectivity index is 1.30. The van der Waals surface area contributed by atoms with Gasteiger partial charge in [0.25, 0.3) is 0 Å². The number of nitrogens with zero attached hydrogens (tertiary/aromatic N) is 1. The third kappa shape index (κ3) is 6.73. The number of carbonyl (C=O) groups excluding carboxylic acids is 1. The van der Waals surface area contributed by atoms with Crippen LogP contribution in [0.15, 0.2) is 30.3 Å². The van der Waals surface area contributed by atoms with Gasteiger partial charge in [-0.1, -0.05) is 62.4 Å². The van der Waals surface area contributed by atoms with Gasteiger partial charge in [0.05, 0.1) is 12.7 Å². The summed E-state index contributed by atoms with van der Waals surface area (Å²) in [5.41, 5.74) is 1.33. The molecule has 0 spiro atoms. The smallest absolute Gasteiger partial charge is 0.220 e. The number of amides is 1. The molecule has 1 heterocycles. The maximum Gasteiger partial charge on any atom is 0.220 e. The van der Waals surface area contributed by atoms with Crippen molar-refractivity contribution in [3.63, 3.8) is 0 Å². The van der Waals surface area contributed by atoms with Gasteiger partial charge in [-0.2, -0.15) is 0 Å². The lowest BCUT2D eigenvalue weighted by Gasteiger charge is -2.33. The predicted molar refractivity (Wildman–Crippen MR) is 105 cm³/mol. The van der Waals surface area contributed by atoms with Crippen molar-refractivity contribution in [2.24, 2.45) is 5.92 Å². The Bertz CT molecular complexity index is 528. The SMILES string of the molecule is O=C(CCCC1CCCCC1)NCC1CN(Cc2ccccc2)CCO1. The number of carbonyl (C=O) groups is 1. The molecule has 26 heavy (non-hydrogen) atoms. The molecular formula is C22H34N2O2. The van der Waals surface area contributed by atoms with Gasteiger partial charge in [-0.15, -0.1) is 0 Å². The average molecular weight is 359 g/mol. The summed E-state index contributed by atoms with van der Waals surface area (Å²) in [7, 11) is 0. The topological polar surface area (TPSA) is 41.6 Å². The molecule has 4 nitrogen and oxygen atoms in total. The van der Waals surface area contributed by atoms with E-state index in [9.17, 15) is 4.79 Å². The summed E-state index contributed by atoms with van der Waals surface area (Å²) in [6.07, 6.45) is 9.93. The fraction of sp³-hybridized carbons (Fsp3) is 0.682. The highest BCUT2D eigenvalue weighted by Crippen LogP contribution is 2.27. The van der Waals surface area contributed by atoms with E-state index in [1.165, 1.54) is 44.1 Å². The molecule has 1 aliphatic heterocycles. The molecular weight excluding hydrogens is 324 g/mol. The number of hydrogen-bond acceptors (Lipinski definition) is 3. The van der Waals surface area contributed by atoms with E-state index in [4.69, 9.17) is 4.74 Å². The summed E-state index contributed by atoms with van der Waals surface area (Å²) in [4.78, 5) is 14.5. The van der Waals surface area contributed by atoms with Crippen LogP contribution in [0.3, 0.4) is 0 Å². The Morgan fingerprint density at radius 2 is 1.96 bits per heavy atom. The molecule has 1 unspecified atom stereocenters. The van der Waals surface area contributed by atoms with Gasteiger partial charge in [0.2, 0.25) is 5.91 Å². The zero-order chi connectivity index (χ0) is 18.0. The average Bonchev–Trinajstić information content (AvgIpc) is 2.68. The van der Waals surface area contributed by atoms with Crippen molar-refractivity contribution in [1.29, 1.82) is 0 Å². The summed E-state index contributed by atoms with van der Waals surface area (Å²) in [6, 6.07) is 10.5. The first kappa shape index (κ1) is 19.4. The molecule has 1 aromatic carbocycles. The van der Waals surface area contributed by atoms with E-state index in [2.05, 4.69) is 40.5 Å². The number of rotatable bonds is 8. The zero-order valence-corrected chi connectivity index (χ0v) is 16.0. The number of benzene rings is 1. The number of ether oxygens (including phenoxy) is 1. The summed E-state index contributed by atoms with van der Waals surface area (Å²) < 4.78 is 5.84. The molecule has 2 fully saturated rings. The van der Waals surface area contributed by atoms with Crippen molar-refractivity contribution in [1.82, 2.24) is 10.2 Å². The van der Waals surface area contributed by atoms with E-state index >= 15 is 0 Å². The lowest BCUT2D eigenvalue weighted by Crippen LogP contribution is -2.47. The molecule has 1 aromatic rings. The normalized spacial score (nSPS) is 22.2. The molecule has 0 aromatic heterocycles. The highest BCUT2D eigenvalue weighted by molar-refractivity contribution is 5.75. The van der Waals surface area contributed by atoms with Gasteiger partial charge in [-0.05, 0) is 24.3 Å². The van der Waals surface area contributed by atoms with Crippen LogP contribution in [0.25, 0.3) is 0 Å². The first-order valence-electron chi connectivity index (χ1n) is 10.4. The second-order valence-electron chi connectivity index (χ2n) is 7.91. The van der Waals surface area contributed by atoms with E-state index in [1.54, 1.807) is 0 Å². The van der Waals surface area contributed by atoms with Crippen molar-refractivity contribution >= 4 is 5.91 Å². The highest BCUT2D eigenvalue weighted by Gasteiger charge is 2.21. The summed E-state index contributed by atoms with van der Waals surface area (Å²) in [5, 5.41) is 3.08. The molecule has 0 radical (unpaired) electrons. The van der Waals surface area contributed by atoms with Crippen LogP contribution in [0.4, 0.5) is 0 Å². The van der Waals surface area contributed by atoms with Crippen LogP contribution in [0, 0.1) is 5.92 Å². The lowest BCUT2D eigenvalue weighted by atomic mass is 9.86. The van der Waals surface area contributed by atoms with Gasteiger partial charge in [0, 0.05) is 32.6 Å². The van der Waals surface area contributed by atoms with Crippen LogP contribution in [-0.4, -0.2) is 43.2 Å². The maximum atomic E-state index is 12.1. The van der Waals surface area contributed by atoms with Crippen molar-refractivity contribution in [3.05, 3.63) is 35.9 Å². The Labute approximate surface area is 158 Å². The second-order valence-corrected chi connectivity index (χ2v) is 7.91. The van der Waals surface area contributed by atoms with Gasteiger partial charge in [0.15, 0.2) is 0 Å².